The summed E-state index contributed by atoms with van der Waals surface area (Å²) in [5.74, 6) is -0.745. The first-order valence-electron chi connectivity index (χ1n) is 10.2. The first-order chi connectivity index (χ1) is 14.9. The van der Waals surface area contributed by atoms with E-state index in [-0.39, 0.29) is 25.0 Å². The minimum atomic E-state index is -0.614. The Morgan fingerprint density at radius 3 is 2.32 bits per heavy atom. The number of hydrogen-bond donors (Lipinski definition) is 2. The maximum atomic E-state index is 12.5. The average Bonchev–Trinajstić information content (AvgIpc) is 2.74. The minimum absolute atomic E-state index is 0.186. The van der Waals surface area contributed by atoms with E-state index in [1.54, 1.807) is 20.8 Å². The van der Waals surface area contributed by atoms with Crippen LogP contribution in [0.3, 0.4) is 0 Å². The largest absolute Gasteiger partial charge is 0.466 e. The summed E-state index contributed by atoms with van der Waals surface area (Å²) in [6, 6.07) is 14.2. The van der Waals surface area contributed by atoms with Crippen LogP contribution in [0.1, 0.15) is 37.9 Å². The standard InChI is InChI=1S/C24H26N2O5/c1-4-30-20(27)14-18-8-6-7-9-19(18)16-10-12-17(13-11-16)22-21(23(28)31-5-2)15(3)25-24(29)26-22/h6-13,22H,4-5,14H2,1-3H3,(H2,25,26,29). The Hall–Kier alpha value is -3.61. The highest BCUT2D eigenvalue weighted by Crippen LogP contribution is 2.30. The highest BCUT2D eigenvalue weighted by molar-refractivity contribution is 5.95. The highest BCUT2D eigenvalue weighted by Gasteiger charge is 2.32. The van der Waals surface area contributed by atoms with Crippen molar-refractivity contribution in [3.05, 3.63) is 70.9 Å². The van der Waals surface area contributed by atoms with Gasteiger partial charge in [-0.3, -0.25) is 4.79 Å². The summed E-state index contributed by atoms with van der Waals surface area (Å²) in [6.45, 7) is 5.78. The van der Waals surface area contributed by atoms with Crippen molar-refractivity contribution in [1.82, 2.24) is 10.6 Å². The van der Waals surface area contributed by atoms with Crippen LogP contribution in [0.5, 0.6) is 0 Å². The van der Waals surface area contributed by atoms with E-state index in [0.29, 0.717) is 17.9 Å². The zero-order chi connectivity index (χ0) is 22.4. The third kappa shape index (κ3) is 5.12. The SMILES string of the molecule is CCOC(=O)Cc1ccccc1-c1ccc(C2NC(=O)NC(C)=C2C(=O)OCC)cc1. The predicted molar refractivity (Wildman–Crippen MR) is 116 cm³/mol. The van der Waals surface area contributed by atoms with Crippen LogP contribution in [0.2, 0.25) is 0 Å². The van der Waals surface area contributed by atoms with E-state index < -0.39 is 12.0 Å². The van der Waals surface area contributed by atoms with Gasteiger partial charge in [-0.1, -0.05) is 48.5 Å². The monoisotopic (exact) mass is 422 g/mol. The van der Waals surface area contributed by atoms with E-state index in [1.807, 2.05) is 48.5 Å². The van der Waals surface area contributed by atoms with Gasteiger partial charge in [0.2, 0.25) is 0 Å². The maximum absolute atomic E-state index is 12.5. The van der Waals surface area contributed by atoms with Crippen LogP contribution in [0.25, 0.3) is 11.1 Å². The number of allylic oxidation sites excluding steroid dienone is 1. The van der Waals surface area contributed by atoms with Gasteiger partial charge in [-0.25, -0.2) is 9.59 Å². The molecule has 2 aromatic rings. The highest BCUT2D eigenvalue weighted by atomic mass is 16.5. The van der Waals surface area contributed by atoms with Crippen LogP contribution in [-0.4, -0.2) is 31.2 Å². The molecule has 0 bridgehead atoms. The molecule has 7 nitrogen and oxygen atoms in total. The van der Waals surface area contributed by atoms with Crippen LogP contribution in [-0.2, 0) is 25.5 Å². The van der Waals surface area contributed by atoms with Crippen molar-refractivity contribution < 1.29 is 23.9 Å². The van der Waals surface area contributed by atoms with Crippen molar-refractivity contribution in [2.45, 2.75) is 33.2 Å². The number of rotatable bonds is 7. The summed E-state index contributed by atoms with van der Waals surface area (Å²) in [4.78, 5) is 36.4. The van der Waals surface area contributed by atoms with Crippen LogP contribution in [0.15, 0.2) is 59.8 Å². The van der Waals surface area contributed by atoms with Crippen molar-refractivity contribution in [2.75, 3.05) is 13.2 Å². The van der Waals surface area contributed by atoms with Gasteiger partial charge in [0.1, 0.15) is 0 Å². The van der Waals surface area contributed by atoms with Gasteiger partial charge in [0.05, 0.1) is 31.2 Å². The quantitative estimate of drug-likeness (QED) is 0.665. The van der Waals surface area contributed by atoms with Crippen LogP contribution in [0, 0.1) is 0 Å². The number of carbonyl (C=O) groups excluding carboxylic acids is 3. The lowest BCUT2D eigenvalue weighted by Crippen LogP contribution is -2.45. The van der Waals surface area contributed by atoms with Gasteiger partial charge in [-0.05, 0) is 43.0 Å². The lowest BCUT2D eigenvalue weighted by atomic mass is 9.92. The van der Waals surface area contributed by atoms with Gasteiger partial charge in [0.15, 0.2) is 0 Å². The Labute approximate surface area is 181 Å². The zero-order valence-electron chi connectivity index (χ0n) is 17.9. The average molecular weight is 422 g/mol. The molecule has 0 saturated heterocycles. The number of amides is 2. The zero-order valence-corrected chi connectivity index (χ0v) is 17.9. The van der Waals surface area contributed by atoms with Crippen LogP contribution in [0.4, 0.5) is 4.79 Å². The minimum Gasteiger partial charge on any atom is -0.466 e. The van der Waals surface area contributed by atoms with Gasteiger partial charge in [0, 0.05) is 5.70 Å². The normalized spacial score (nSPS) is 15.7. The van der Waals surface area contributed by atoms with Crippen molar-refractivity contribution >= 4 is 18.0 Å². The van der Waals surface area contributed by atoms with Gasteiger partial charge in [-0.15, -0.1) is 0 Å². The van der Waals surface area contributed by atoms with E-state index in [4.69, 9.17) is 9.47 Å². The fourth-order valence-corrected chi connectivity index (χ4v) is 3.60. The molecule has 7 heteroatoms. The van der Waals surface area contributed by atoms with Gasteiger partial charge in [-0.2, -0.15) is 0 Å². The molecule has 1 heterocycles. The van der Waals surface area contributed by atoms with Crippen molar-refractivity contribution in [3.8, 4) is 11.1 Å². The lowest BCUT2D eigenvalue weighted by Gasteiger charge is -2.28. The Morgan fingerprint density at radius 1 is 0.968 bits per heavy atom. The van der Waals surface area contributed by atoms with E-state index in [0.717, 1.165) is 22.3 Å². The molecule has 2 N–H and O–H groups in total. The van der Waals surface area contributed by atoms with E-state index in [9.17, 15) is 14.4 Å². The van der Waals surface area contributed by atoms with Gasteiger partial charge in [0.25, 0.3) is 0 Å². The Balaban J connectivity index is 1.91. The second kappa shape index (κ2) is 9.93. The van der Waals surface area contributed by atoms with Crippen molar-refractivity contribution in [1.29, 1.82) is 0 Å². The lowest BCUT2D eigenvalue weighted by molar-refractivity contribution is -0.142. The number of benzene rings is 2. The molecule has 3 rings (SSSR count). The molecule has 0 aliphatic carbocycles. The molecule has 1 aliphatic rings. The Kier molecular flexibility index (Phi) is 7.07. The molecule has 1 atom stereocenters. The topological polar surface area (TPSA) is 93.7 Å². The van der Waals surface area contributed by atoms with Crippen LogP contribution >= 0.6 is 0 Å². The molecule has 162 valence electrons. The number of carbonyl (C=O) groups is 3. The van der Waals surface area contributed by atoms with E-state index in [1.165, 1.54) is 0 Å². The third-order valence-electron chi connectivity index (χ3n) is 4.98. The molecular weight excluding hydrogens is 396 g/mol. The second-order valence-corrected chi connectivity index (χ2v) is 7.05. The summed E-state index contributed by atoms with van der Waals surface area (Å²) in [5, 5.41) is 5.42. The number of nitrogens with one attached hydrogen (secondary N) is 2. The molecule has 0 radical (unpaired) electrons. The molecule has 1 aliphatic heterocycles. The summed E-state index contributed by atoms with van der Waals surface area (Å²) in [5.41, 5.74) is 4.31. The number of esters is 2. The fraction of sp³-hybridized carbons (Fsp3) is 0.292. The van der Waals surface area contributed by atoms with Crippen molar-refractivity contribution in [2.24, 2.45) is 0 Å². The Morgan fingerprint density at radius 2 is 1.65 bits per heavy atom. The molecule has 0 aromatic heterocycles. The first kappa shape index (κ1) is 22.1. The molecule has 2 amide bonds. The van der Waals surface area contributed by atoms with Gasteiger partial charge < -0.3 is 20.1 Å². The third-order valence-corrected chi connectivity index (χ3v) is 4.98. The number of urea groups is 1. The molecule has 31 heavy (non-hydrogen) atoms. The molecule has 2 aromatic carbocycles. The van der Waals surface area contributed by atoms with Crippen LogP contribution < -0.4 is 10.6 Å². The first-order valence-corrected chi connectivity index (χ1v) is 10.2. The summed E-state index contributed by atoms with van der Waals surface area (Å²) in [6.07, 6.45) is 0.186. The van der Waals surface area contributed by atoms with E-state index in [2.05, 4.69) is 10.6 Å². The summed E-state index contributed by atoms with van der Waals surface area (Å²) >= 11 is 0. The Bertz CT molecular complexity index is 1010. The molecule has 0 fully saturated rings. The maximum Gasteiger partial charge on any atom is 0.338 e. The molecule has 0 saturated carbocycles. The summed E-state index contributed by atoms with van der Waals surface area (Å²) in [7, 11) is 0. The second-order valence-electron chi connectivity index (χ2n) is 7.05. The molecular formula is C24H26N2O5. The smallest absolute Gasteiger partial charge is 0.338 e. The molecule has 1 unspecified atom stereocenters. The predicted octanol–water partition coefficient (Wildman–Crippen LogP) is 3.65. The summed E-state index contributed by atoms with van der Waals surface area (Å²) < 4.78 is 10.2. The van der Waals surface area contributed by atoms with Crippen molar-refractivity contribution in [3.63, 3.8) is 0 Å². The van der Waals surface area contributed by atoms with E-state index >= 15 is 0 Å². The molecule has 0 spiro atoms. The number of hydrogen-bond acceptors (Lipinski definition) is 5. The van der Waals surface area contributed by atoms with Gasteiger partial charge >= 0.3 is 18.0 Å². The number of ether oxygens (including phenoxy) is 2. The fourth-order valence-electron chi connectivity index (χ4n) is 3.60.